The van der Waals surface area contributed by atoms with Gasteiger partial charge in [0.2, 0.25) is 0 Å². The first-order chi connectivity index (χ1) is 9.60. The fraction of sp³-hybridized carbons (Fsp3) is 0.400. The Balaban J connectivity index is 2.23. The summed E-state index contributed by atoms with van der Waals surface area (Å²) >= 11 is 3.02. The van der Waals surface area contributed by atoms with E-state index in [4.69, 9.17) is 0 Å². The van der Waals surface area contributed by atoms with E-state index in [-0.39, 0.29) is 30.8 Å². The van der Waals surface area contributed by atoms with Crippen LogP contribution >= 0.6 is 22.7 Å². The fourth-order valence-electron chi connectivity index (χ4n) is 2.35. The molecular formula is C15H18O3S2. The number of ketones is 1. The predicted molar refractivity (Wildman–Crippen MR) is 82.3 cm³/mol. The Morgan fingerprint density at radius 1 is 1.00 bits per heavy atom. The van der Waals surface area contributed by atoms with Crippen LogP contribution in [0.1, 0.15) is 46.6 Å². The Morgan fingerprint density at radius 3 is 1.75 bits per heavy atom. The molecule has 5 heteroatoms. The van der Waals surface area contributed by atoms with Gasteiger partial charge in [0.1, 0.15) is 5.78 Å². The maximum atomic E-state index is 12.6. The van der Waals surface area contributed by atoms with E-state index in [1.54, 1.807) is 0 Å². The number of Topliss-reactive ketones (excluding diaryl/α,β-unsaturated/α-hetero) is 1. The summed E-state index contributed by atoms with van der Waals surface area (Å²) in [6, 6.07) is 3.72. The zero-order valence-corrected chi connectivity index (χ0v) is 13.1. The van der Waals surface area contributed by atoms with Gasteiger partial charge in [0, 0.05) is 9.75 Å². The minimum atomic E-state index is -0.235. The summed E-state index contributed by atoms with van der Waals surface area (Å²) in [5.74, 6) is -0.346. The molecule has 2 aromatic rings. The molecule has 0 bridgehead atoms. The normalized spacial score (nSPS) is 14.2. The van der Waals surface area contributed by atoms with Crippen LogP contribution in [0, 0.1) is 0 Å². The molecular weight excluding hydrogens is 292 g/mol. The minimum absolute atomic E-state index is 0.0360. The quantitative estimate of drug-likeness (QED) is 0.861. The monoisotopic (exact) mass is 310 g/mol. The molecule has 2 heterocycles. The van der Waals surface area contributed by atoms with Crippen LogP contribution in [0.15, 0.2) is 22.9 Å². The molecule has 2 N–H and O–H groups in total. The third-order valence-corrected chi connectivity index (χ3v) is 5.83. The first-order valence-electron chi connectivity index (χ1n) is 6.48. The second-order valence-corrected chi connectivity index (χ2v) is 6.68. The van der Waals surface area contributed by atoms with Crippen LogP contribution in [0.5, 0.6) is 0 Å². The largest absolute Gasteiger partial charge is 0.392 e. The van der Waals surface area contributed by atoms with Crippen molar-refractivity contribution in [3.8, 4) is 0 Å². The molecule has 0 aromatic carbocycles. The molecule has 2 aromatic heterocycles. The van der Waals surface area contributed by atoms with Crippen LogP contribution in [-0.2, 0) is 18.0 Å². The summed E-state index contributed by atoms with van der Waals surface area (Å²) in [5, 5.41) is 22.4. The zero-order valence-electron chi connectivity index (χ0n) is 11.5. The van der Waals surface area contributed by atoms with Gasteiger partial charge in [-0.2, -0.15) is 0 Å². The van der Waals surface area contributed by atoms with Gasteiger partial charge in [-0.25, -0.2) is 0 Å². The molecule has 0 saturated heterocycles. The SMILES string of the molecule is CC(C(=O)C(C)c1sccc1CO)c1sccc1CO. The third-order valence-electron chi connectivity index (χ3n) is 3.54. The van der Waals surface area contributed by atoms with Gasteiger partial charge in [-0.15, -0.1) is 22.7 Å². The van der Waals surface area contributed by atoms with Crippen molar-refractivity contribution in [2.24, 2.45) is 0 Å². The van der Waals surface area contributed by atoms with Crippen LogP contribution in [0.3, 0.4) is 0 Å². The molecule has 0 aliphatic carbocycles. The molecule has 2 rings (SSSR count). The zero-order chi connectivity index (χ0) is 14.7. The predicted octanol–water partition coefficient (Wildman–Crippen LogP) is 3.27. The van der Waals surface area contributed by atoms with E-state index in [1.165, 1.54) is 22.7 Å². The fourth-order valence-corrected chi connectivity index (χ4v) is 4.32. The molecule has 2 atom stereocenters. The number of hydrogen-bond donors (Lipinski definition) is 2. The molecule has 0 spiro atoms. The number of hydrogen-bond acceptors (Lipinski definition) is 5. The van der Waals surface area contributed by atoms with Gasteiger partial charge < -0.3 is 10.2 Å². The van der Waals surface area contributed by atoms with Crippen LogP contribution in [0.4, 0.5) is 0 Å². The molecule has 0 radical (unpaired) electrons. The Morgan fingerprint density at radius 2 is 1.40 bits per heavy atom. The Labute approximate surface area is 126 Å². The maximum absolute atomic E-state index is 12.6. The number of aliphatic hydroxyl groups is 2. The standard InChI is InChI=1S/C15H18O3S2/c1-9(14-11(7-16)3-5-19-14)13(18)10(2)15-12(8-17)4-6-20-15/h3-6,9-10,16-17H,7-8H2,1-2H3. The highest BCUT2D eigenvalue weighted by Crippen LogP contribution is 2.34. The Kier molecular flexibility index (Phi) is 5.10. The third kappa shape index (κ3) is 2.86. The number of thiophene rings is 2. The van der Waals surface area contributed by atoms with E-state index >= 15 is 0 Å². The highest BCUT2D eigenvalue weighted by Gasteiger charge is 2.27. The molecule has 0 aliphatic heterocycles. The number of carbonyl (C=O) groups excluding carboxylic acids is 1. The summed E-state index contributed by atoms with van der Waals surface area (Å²) in [6.45, 7) is 3.70. The lowest BCUT2D eigenvalue weighted by Crippen LogP contribution is -2.17. The number of aliphatic hydroxyl groups excluding tert-OH is 2. The summed E-state index contributed by atoms with van der Waals surface area (Å²) in [6.07, 6.45) is 0. The van der Waals surface area contributed by atoms with Crippen LogP contribution in [0.2, 0.25) is 0 Å². The van der Waals surface area contributed by atoms with Crippen molar-refractivity contribution in [2.75, 3.05) is 0 Å². The topological polar surface area (TPSA) is 57.5 Å². The van der Waals surface area contributed by atoms with Crippen molar-refractivity contribution in [1.82, 2.24) is 0 Å². The highest BCUT2D eigenvalue weighted by atomic mass is 32.1. The van der Waals surface area contributed by atoms with Gasteiger partial charge in [-0.3, -0.25) is 4.79 Å². The molecule has 0 amide bonds. The first-order valence-corrected chi connectivity index (χ1v) is 8.24. The van der Waals surface area contributed by atoms with Gasteiger partial charge >= 0.3 is 0 Å². The highest BCUT2D eigenvalue weighted by molar-refractivity contribution is 7.10. The van der Waals surface area contributed by atoms with Crippen molar-refractivity contribution in [3.05, 3.63) is 43.8 Å². The molecule has 2 unspecified atom stereocenters. The lowest BCUT2D eigenvalue weighted by Gasteiger charge is -2.16. The van der Waals surface area contributed by atoms with Crippen molar-refractivity contribution in [1.29, 1.82) is 0 Å². The van der Waals surface area contributed by atoms with E-state index in [9.17, 15) is 15.0 Å². The maximum Gasteiger partial charge on any atom is 0.148 e. The van der Waals surface area contributed by atoms with E-state index in [0.29, 0.717) is 0 Å². The molecule has 0 saturated carbocycles. The molecule has 108 valence electrons. The lowest BCUT2D eigenvalue weighted by atomic mass is 9.90. The summed E-state index contributed by atoms with van der Waals surface area (Å²) in [5.41, 5.74) is 1.66. The number of carbonyl (C=O) groups is 1. The van der Waals surface area contributed by atoms with Crippen molar-refractivity contribution >= 4 is 28.5 Å². The molecule has 0 aliphatic rings. The second-order valence-electron chi connectivity index (χ2n) is 4.78. The van der Waals surface area contributed by atoms with E-state index in [1.807, 2.05) is 36.7 Å². The van der Waals surface area contributed by atoms with E-state index < -0.39 is 0 Å². The Hall–Kier alpha value is -1.01. The average Bonchev–Trinajstić information content (AvgIpc) is 3.12. The van der Waals surface area contributed by atoms with Gasteiger partial charge in [0.15, 0.2) is 0 Å². The van der Waals surface area contributed by atoms with Crippen molar-refractivity contribution < 1.29 is 15.0 Å². The molecule has 20 heavy (non-hydrogen) atoms. The van der Waals surface area contributed by atoms with E-state index in [0.717, 1.165) is 20.9 Å². The first kappa shape index (κ1) is 15.4. The summed E-state index contributed by atoms with van der Waals surface area (Å²) in [7, 11) is 0. The van der Waals surface area contributed by atoms with Gasteiger partial charge in [0.05, 0.1) is 25.0 Å². The molecule has 3 nitrogen and oxygen atoms in total. The van der Waals surface area contributed by atoms with Crippen LogP contribution < -0.4 is 0 Å². The second kappa shape index (κ2) is 6.63. The van der Waals surface area contributed by atoms with Gasteiger partial charge in [-0.1, -0.05) is 13.8 Å². The number of rotatable bonds is 6. The summed E-state index contributed by atoms with van der Waals surface area (Å²) in [4.78, 5) is 14.5. The van der Waals surface area contributed by atoms with Crippen LogP contribution in [-0.4, -0.2) is 16.0 Å². The minimum Gasteiger partial charge on any atom is -0.392 e. The summed E-state index contributed by atoms with van der Waals surface area (Å²) < 4.78 is 0. The van der Waals surface area contributed by atoms with E-state index in [2.05, 4.69) is 0 Å². The van der Waals surface area contributed by atoms with Crippen molar-refractivity contribution in [3.63, 3.8) is 0 Å². The average molecular weight is 310 g/mol. The Bertz CT molecular complexity index is 535. The lowest BCUT2D eigenvalue weighted by molar-refractivity contribution is -0.121. The molecule has 0 fully saturated rings. The van der Waals surface area contributed by atoms with Gasteiger partial charge in [0.25, 0.3) is 0 Å². The van der Waals surface area contributed by atoms with Crippen molar-refractivity contribution in [2.45, 2.75) is 38.9 Å². The van der Waals surface area contributed by atoms with Gasteiger partial charge in [-0.05, 0) is 34.0 Å². The smallest absolute Gasteiger partial charge is 0.148 e. The van der Waals surface area contributed by atoms with Crippen LogP contribution in [0.25, 0.3) is 0 Å².